The molecule has 1 aliphatic rings. The molecule has 1 fully saturated rings. The summed E-state index contributed by atoms with van der Waals surface area (Å²) < 4.78 is 0. The van der Waals surface area contributed by atoms with Crippen molar-refractivity contribution in [3.8, 4) is 0 Å². The number of anilines is 2. The van der Waals surface area contributed by atoms with Gasteiger partial charge in [0.05, 0.1) is 13.0 Å². The minimum absolute atomic E-state index is 0.0686. The highest BCUT2D eigenvalue weighted by Gasteiger charge is 2.20. The van der Waals surface area contributed by atoms with E-state index in [1.165, 1.54) is 37.7 Å². The summed E-state index contributed by atoms with van der Waals surface area (Å²) in [7, 11) is 0. The van der Waals surface area contributed by atoms with Crippen LogP contribution in [0, 0.1) is 13.8 Å². The minimum atomic E-state index is -0.961. The normalized spacial score (nSPS) is 13.5. The number of carbonyl (C=O) groups is 3. The lowest BCUT2D eigenvalue weighted by Gasteiger charge is -2.26. The zero-order chi connectivity index (χ0) is 27.8. The van der Waals surface area contributed by atoms with Crippen LogP contribution in [-0.2, 0) is 11.3 Å². The third kappa shape index (κ3) is 7.93. The van der Waals surface area contributed by atoms with Crippen molar-refractivity contribution in [1.82, 2.24) is 5.32 Å². The first-order chi connectivity index (χ1) is 18.8. The highest BCUT2D eigenvalue weighted by atomic mass is 16.4. The lowest BCUT2D eigenvalue weighted by atomic mass is 9.84. The lowest BCUT2D eigenvalue weighted by Crippen LogP contribution is -2.34. The summed E-state index contributed by atoms with van der Waals surface area (Å²) in [4.78, 5) is 38.3. The van der Waals surface area contributed by atoms with Gasteiger partial charge in [0.1, 0.15) is 0 Å². The van der Waals surface area contributed by atoms with Crippen LogP contribution in [0.4, 0.5) is 16.2 Å². The molecule has 0 bridgehead atoms. The first-order valence-electron chi connectivity index (χ1n) is 13.6. The number of hydrogen-bond acceptors (Lipinski definition) is 3. The van der Waals surface area contributed by atoms with Crippen molar-refractivity contribution in [2.24, 2.45) is 0 Å². The number of amides is 3. The second-order valence-electron chi connectivity index (χ2n) is 10.4. The highest BCUT2D eigenvalue weighted by molar-refractivity contribution is 6.01. The molecule has 3 N–H and O–H groups in total. The second-order valence-corrected chi connectivity index (χ2v) is 10.4. The minimum Gasteiger partial charge on any atom is -0.481 e. The molecule has 0 saturated heterocycles. The monoisotopic (exact) mass is 527 g/mol. The number of urea groups is 1. The van der Waals surface area contributed by atoms with Crippen LogP contribution in [0.2, 0.25) is 0 Å². The molecule has 3 amide bonds. The Kier molecular flexibility index (Phi) is 9.36. The van der Waals surface area contributed by atoms with Gasteiger partial charge < -0.3 is 15.7 Å². The summed E-state index contributed by atoms with van der Waals surface area (Å²) in [6.45, 7) is 4.40. The fraction of sp³-hybridized carbons (Fsp3) is 0.344. The standard InChI is InChI=1S/C32H37N3O4/c1-22-18-23(2)20-28(19-22)34-32(39)35(29-14-12-26(13-15-29)25-6-4-3-5-7-25)21-24-8-10-27(11-9-24)31(38)33-17-16-30(36)37/h8-15,18-20,25H,3-7,16-17,21H2,1-2H3,(H,33,38)(H,34,39)(H,36,37). The van der Waals surface area contributed by atoms with Crippen LogP contribution >= 0.6 is 0 Å². The number of carboxylic acid groups (broad SMARTS) is 1. The molecule has 1 aliphatic carbocycles. The van der Waals surface area contributed by atoms with Crippen molar-refractivity contribution in [3.05, 3.63) is 94.5 Å². The molecule has 7 nitrogen and oxygen atoms in total. The third-order valence-electron chi connectivity index (χ3n) is 7.18. The number of hydrogen-bond donors (Lipinski definition) is 3. The van der Waals surface area contributed by atoms with Crippen LogP contribution in [-0.4, -0.2) is 29.6 Å². The van der Waals surface area contributed by atoms with E-state index in [2.05, 4.69) is 28.8 Å². The van der Waals surface area contributed by atoms with Crippen molar-refractivity contribution in [1.29, 1.82) is 0 Å². The van der Waals surface area contributed by atoms with E-state index >= 15 is 0 Å². The van der Waals surface area contributed by atoms with Crippen molar-refractivity contribution >= 4 is 29.3 Å². The molecule has 1 saturated carbocycles. The zero-order valence-electron chi connectivity index (χ0n) is 22.7. The molecule has 0 heterocycles. The smallest absolute Gasteiger partial charge is 0.326 e. The number of rotatable bonds is 9. The van der Waals surface area contributed by atoms with Crippen molar-refractivity contribution in [2.45, 2.75) is 64.8 Å². The lowest BCUT2D eigenvalue weighted by molar-refractivity contribution is -0.136. The van der Waals surface area contributed by atoms with Gasteiger partial charge in [0, 0.05) is 23.5 Å². The summed E-state index contributed by atoms with van der Waals surface area (Å²) in [5.74, 6) is -0.707. The van der Waals surface area contributed by atoms with Gasteiger partial charge in [-0.3, -0.25) is 14.5 Å². The number of carbonyl (C=O) groups excluding carboxylic acids is 2. The molecule has 3 aromatic rings. The maximum atomic E-state index is 13.6. The van der Waals surface area contributed by atoms with Gasteiger partial charge in [-0.25, -0.2) is 4.79 Å². The van der Waals surface area contributed by atoms with E-state index in [0.717, 1.165) is 28.1 Å². The molecular formula is C32H37N3O4. The van der Waals surface area contributed by atoms with E-state index in [1.54, 1.807) is 17.0 Å². The number of nitrogens with one attached hydrogen (secondary N) is 2. The van der Waals surface area contributed by atoms with E-state index in [1.807, 2.05) is 50.2 Å². The van der Waals surface area contributed by atoms with Gasteiger partial charge in [-0.1, -0.05) is 49.6 Å². The quantitative estimate of drug-likeness (QED) is 0.285. The highest BCUT2D eigenvalue weighted by Crippen LogP contribution is 2.33. The molecule has 0 atom stereocenters. The van der Waals surface area contributed by atoms with Gasteiger partial charge in [-0.2, -0.15) is 0 Å². The van der Waals surface area contributed by atoms with E-state index in [9.17, 15) is 14.4 Å². The van der Waals surface area contributed by atoms with Gasteiger partial charge in [-0.15, -0.1) is 0 Å². The largest absolute Gasteiger partial charge is 0.481 e. The van der Waals surface area contributed by atoms with E-state index in [4.69, 9.17) is 5.11 Å². The van der Waals surface area contributed by atoms with E-state index in [0.29, 0.717) is 18.0 Å². The Morgan fingerprint density at radius 1 is 0.872 bits per heavy atom. The third-order valence-corrected chi connectivity index (χ3v) is 7.18. The van der Waals surface area contributed by atoms with Gasteiger partial charge in [0.2, 0.25) is 0 Å². The average molecular weight is 528 g/mol. The molecule has 0 aliphatic heterocycles. The Balaban J connectivity index is 1.53. The van der Waals surface area contributed by atoms with Crippen LogP contribution in [0.5, 0.6) is 0 Å². The van der Waals surface area contributed by atoms with Crippen LogP contribution in [0.3, 0.4) is 0 Å². The Hall–Kier alpha value is -4.13. The Bertz CT molecular complexity index is 1280. The summed E-state index contributed by atoms with van der Waals surface area (Å²) in [6.07, 6.45) is 6.14. The first kappa shape index (κ1) is 27.9. The van der Waals surface area contributed by atoms with E-state index in [-0.39, 0.29) is 24.9 Å². The van der Waals surface area contributed by atoms with Gasteiger partial charge in [0.15, 0.2) is 0 Å². The van der Waals surface area contributed by atoms with Crippen molar-refractivity contribution in [3.63, 3.8) is 0 Å². The predicted molar refractivity (Wildman–Crippen MR) is 154 cm³/mol. The maximum Gasteiger partial charge on any atom is 0.326 e. The van der Waals surface area contributed by atoms with Crippen LogP contribution < -0.4 is 15.5 Å². The van der Waals surface area contributed by atoms with Crippen LogP contribution in [0.1, 0.15) is 77.1 Å². The molecular weight excluding hydrogens is 490 g/mol. The maximum absolute atomic E-state index is 13.6. The number of aliphatic carboxylic acids is 1. The zero-order valence-corrected chi connectivity index (χ0v) is 22.7. The van der Waals surface area contributed by atoms with Crippen LogP contribution in [0.25, 0.3) is 0 Å². The van der Waals surface area contributed by atoms with Gasteiger partial charge in [-0.05, 0) is 91.3 Å². The molecule has 0 spiro atoms. The summed E-state index contributed by atoms with van der Waals surface area (Å²) in [5.41, 5.74) is 6.32. The van der Waals surface area contributed by atoms with E-state index < -0.39 is 5.97 Å². The molecule has 7 heteroatoms. The summed E-state index contributed by atoms with van der Waals surface area (Å²) in [6, 6.07) is 21.1. The number of aryl methyl sites for hydroxylation is 2. The molecule has 204 valence electrons. The topological polar surface area (TPSA) is 98.7 Å². The predicted octanol–water partition coefficient (Wildman–Crippen LogP) is 6.79. The first-order valence-corrected chi connectivity index (χ1v) is 13.6. The summed E-state index contributed by atoms with van der Waals surface area (Å²) in [5, 5.41) is 14.4. The molecule has 3 aromatic carbocycles. The fourth-order valence-electron chi connectivity index (χ4n) is 5.21. The SMILES string of the molecule is Cc1cc(C)cc(NC(=O)N(Cc2ccc(C(=O)NCCC(=O)O)cc2)c2ccc(C3CCCCC3)cc2)c1. The molecule has 0 unspecified atom stereocenters. The molecule has 4 rings (SSSR count). The molecule has 0 aromatic heterocycles. The van der Waals surface area contributed by atoms with Gasteiger partial charge in [0.25, 0.3) is 5.91 Å². The van der Waals surface area contributed by atoms with Crippen molar-refractivity contribution < 1.29 is 19.5 Å². The van der Waals surface area contributed by atoms with Crippen molar-refractivity contribution in [2.75, 3.05) is 16.8 Å². The van der Waals surface area contributed by atoms with Gasteiger partial charge >= 0.3 is 12.0 Å². The Morgan fingerprint density at radius 2 is 1.51 bits per heavy atom. The Morgan fingerprint density at radius 3 is 2.13 bits per heavy atom. The Labute approximate surface area is 230 Å². The molecule has 0 radical (unpaired) electrons. The number of nitrogens with zero attached hydrogens (tertiary/aromatic N) is 1. The number of benzene rings is 3. The average Bonchev–Trinajstić information content (AvgIpc) is 2.92. The fourth-order valence-corrected chi connectivity index (χ4v) is 5.21. The molecule has 39 heavy (non-hydrogen) atoms. The summed E-state index contributed by atoms with van der Waals surface area (Å²) >= 11 is 0. The van der Waals surface area contributed by atoms with Crippen LogP contribution in [0.15, 0.2) is 66.7 Å². The second kappa shape index (κ2) is 13.1. The number of carboxylic acids is 1.